The van der Waals surface area contributed by atoms with Crippen LogP contribution in [0.15, 0.2) is 11.1 Å². The van der Waals surface area contributed by atoms with E-state index in [1.807, 2.05) is 0 Å². The molecule has 0 saturated heterocycles. The molecule has 0 unspecified atom stereocenters. The number of hydrogen-bond donors (Lipinski definition) is 0. The van der Waals surface area contributed by atoms with Gasteiger partial charge in [0, 0.05) is 12.1 Å². The Hall–Kier alpha value is -1.96. The Bertz CT molecular complexity index is 401. The molecule has 2 amide bonds. The van der Waals surface area contributed by atoms with Crippen molar-refractivity contribution in [2.45, 2.75) is 13.8 Å². The number of hydrogen-bond acceptors (Lipinski definition) is 4. The zero-order chi connectivity index (χ0) is 10.9. The molecule has 0 saturated carbocycles. The number of carbonyl (C=O) groups excluding carboxylic acids is 3. The molecule has 14 heavy (non-hydrogen) atoms. The number of imide groups is 1. The molecular formula is C9H8N2O3. The van der Waals surface area contributed by atoms with Crippen molar-refractivity contribution in [1.82, 2.24) is 4.90 Å². The van der Waals surface area contributed by atoms with Gasteiger partial charge in [-0.1, -0.05) is 0 Å². The van der Waals surface area contributed by atoms with E-state index in [0.29, 0.717) is 0 Å². The summed E-state index contributed by atoms with van der Waals surface area (Å²) in [6, 6.07) is 1.63. The maximum atomic E-state index is 11.4. The van der Waals surface area contributed by atoms with E-state index in [0.717, 1.165) is 4.90 Å². The van der Waals surface area contributed by atoms with Crippen LogP contribution in [0.2, 0.25) is 0 Å². The number of Topliss-reactive ketones (excluding diaryl/α,β-unsaturated/α-hetero) is 1. The minimum absolute atomic E-state index is 0.0628. The summed E-state index contributed by atoms with van der Waals surface area (Å²) in [5.41, 5.74) is -0.302. The van der Waals surface area contributed by atoms with Crippen LogP contribution in [0.5, 0.6) is 0 Å². The van der Waals surface area contributed by atoms with E-state index in [4.69, 9.17) is 5.26 Å². The maximum absolute atomic E-state index is 11.4. The second-order valence-corrected chi connectivity index (χ2v) is 2.80. The summed E-state index contributed by atoms with van der Waals surface area (Å²) in [4.78, 5) is 34.7. The molecule has 1 rings (SSSR count). The molecule has 0 aromatic heterocycles. The Balaban J connectivity index is 3.33. The van der Waals surface area contributed by atoms with Crippen molar-refractivity contribution in [3.63, 3.8) is 0 Å². The van der Waals surface area contributed by atoms with Gasteiger partial charge >= 0.3 is 5.91 Å². The highest BCUT2D eigenvalue weighted by molar-refractivity contribution is 6.48. The van der Waals surface area contributed by atoms with E-state index in [1.165, 1.54) is 6.92 Å². The molecule has 72 valence electrons. The fourth-order valence-corrected chi connectivity index (χ4v) is 1.20. The minimum atomic E-state index is -0.853. The third-order valence-electron chi connectivity index (χ3n) is 2.04. The summed E-state index contributed by atoms with van der Waals surface area (Å²) in [6.45, 7) is 2.98. The Morgan fingerprint density at radius 2 is 1.86 bits per heavy atom. The van der Waals surface area contributed by atoms with Crippen LogP contribution in [0.1, 0.15) is 13.8 Å². The Kier molecular flexibility index (Phi) is 2.47. The molecule has 1 aliphatic rings. The van der Waals surface area contributed by atoms with Gasteiger partial charge in [-0.2, -0.15) is 5.26 Å². The first-order valence-electron chi connectivity index (χ1n) is 4.06. The number of ketones is 1. The number of amides is 2. The Morgan fingerprint density at radius 3 is 2.29 bits per heavy atom. The summed E-state index contributed by atoms with van der Waals surface area (Å²) in [7, 11) is 0. The highest BCUT2D eigenvalue weighted by Crippen LogP contribution is 2.16. The molecule has 0 aromatic carbocycles. The molecule has 0 fully saturated rings. The van der Waals surface area contributed by atoms with E-state index in [9.17, 15) is 14.4 Å². The van der Waals surface area contributed by atoms with Gasteiger partial charge in [0.05, 0.1) is 0 Å². The Labute approximate surface area is 80.6 Å². The fraction of sp³-hybridized carbons (Fsp3) is 0.333. The molecular weight excluding hydrogens is 184 g/mol. The maximum Gasteiger partial charge on any atom is 0.301 e. The first kappa shape index (κ1) is 10.1. The van der Waals surface area contributed by atoms with Crippen molar-refractivity contribution < 1.29 is 14.4 Å². The van der Waals surface area contributed by atoms with Gasteiger partial charge in [0.1, 0.15) is 11.6 Å². The number of rotatable bonds is 1. The van der Waals surface area contributed by atoms with Gasteiger partial charge in [0.15, 0.2) is 0 Å². The summed E-state index contributed by atoms with van der Waals surface area (Å²) in [6.07, 6.45) is 0. The fourth-order valence-electron chi connectivity index (χ4n) is 1.20. The zero-order valence-corrected chi connectivity index (χ0v) is 7.83. The normalized spacial score (nSPS) is 17.5. The van der Waals surface area contributed by atoms with Crippen LogP contribution in [-0.2, 0) is 14.4 Å². The van der Waals surface area contributed by atoms with Gasteiger partial charge in [-0.05, 0) is 13.8 Å². The van der Waals surface area contributed by atoms with Gasteiger partial charge in [-0.3, -0.25) is 19.3 Å². The lowest BCUT2D eigenvalue weighted by atomic mass is 10.00. The van der Waals surface area contributed by atoms with Crippen LogP contribution >= 0.6 is 0 Å². The molecule has 0 bridgehead atoms. The first-order valence-corrected chi connectivity index (χ1v) is 4.06. The van der Waals surface area contributed by atoms with Gasteiger partial charge < -0.3 is 0 Å². The molecule has 0 aromatic rings. The third-order valence-corrected chi connectivity index (χ3v) is 2.04. The van der Waals surface area contributed by atoms with Crippen LogP contribution in [0.4, 0.5) is 0 Å². The van der Waals surface area contributed by atoms with Crippen molar-refractivity contribution in [1.29, 1.82) is 5.26 Å². The third kappa shape index (κ3) is 1.21. The van der Waals surface area contributed by atoms with Crippen LogP contribution in [0.3, 0.4) is 0 Å². The number of carbonyl (C=O) groups is 3. The quantitative estimate of drug-likeness (QED) is 0.425. The first-order chi connectivity index (χ1) is 6.54. The van der Waals surface area contributed by atoms with Gasteiger partial charge in [-0.25, -0.2) is 0 Å². The van der Waals surface area contributed by atoms with Crippen LogP contribution in [0, 0.1) is 11.3 Å². The lowest BCUT2D eigenvalue weighted by Crippen LogP contribution is -2.46. The summed E-state index contributed by atoms with van der Waals surface area (Å²) in [5.74, 6) is -2.31. The largest absolute Gasteiger partial charge is 0.301 e. The predicted molar refractivity (Wildman–Crippen MR) is 45.7 cm³/mol. The van der Waals surface area contributed by atoms with Crippen LogP contribution < -0.4 is 0 Å². The standard InChI is InChI=1S/C9H8N2O3/c1-3-11-8(13)6(4-10)5(2)7(12)9(11)14/h3H2,1-2H3. The predicted octanol–water partition coefficient (Wildman–Crippen LogP) is -0.216. The topological polar surface area (TPSA) is 78.2 Å². The van der Waals surface area contributed by atoms with Crippen LogP contribution in [0.25, 0.3) is 0 Å². The van der Waals surface area contributed by atoms with Crippen molar-refractivity contribution in [3.8, 4) is 6.07 Å². The average molecular weight is 192 g/mol. The molecule has 0 spiro atoms. The number of nitrogens with zero attached hydrogens (tertiary/aromatic N) is 2. The number of likely N-dealkylation sites (N-methyl/N-ethyl adjacent to an activating group) is 1. The minimum Gasteiger partial charge on any atom is -0.283 e. The van der Waals surface area contributed by atoms with E-state index < -0.39 is 17.6 Å². The smallest absolute Gasteiger partial charge is 0.283 e. The second kappa shape index (κ2) is 3.42. The zero-order valence-electron chi connectivity index (χ0n) is 7.83. The van der Waals surface area contributed by atoms with Gasteiger partial charge in [0.25, 0.3) is 5.91 Å². The highest BCUT2D eigenvalue weighted by Gasteiger charge is 2.36. The second-order valence-electron chi connectivity index (χ2n) is 2.80. The Morgan fingerprint density at radius 1 is 1.29 bits per heavy atom. The molecule has 1 aliphatic heterocycles. The van der Waals surface area contributed by atoms with Crippen molar-refractivity contribution in [2.75, 3.05) is 6.54 Å². The van der Waals surface area contributed by atoms with Crippen LogP contribution in [-0.4, -0.2) is 29.0 Å². The summed E-state index contributed by atoms with van der Waals surface area (Å²) in [5, 5.41) is 8.63. The lowest BCUT2D eigenvalue weighted by Gasteiger charge is -2.22. The molecule has 5 nitrogen and oxygen atoms in total. The summed E-state index contributed by atoms with van der Waals surface area (Å²) < 4.78 is 0. The SMILES string of the molecule is CCN1C(=O)C(=O)C(C)=C(C#N)C1=O. The van der Waals surface area contributed by atoms with Gasteiger partial charge in [0.2, 0.25) is 5.78 Å². The lowest BCUT2D eigenvalue weighted by molar-refractivity contribution is -0.150. The van der Waals surface area contributed by atoms with E-state index in [1.54, 1.807) is 13.0 Å². The number of nitriles is 1. The molecule has 5 heteroatoms. The van der Waals surface area contributed by atoms with E-state index >= 15 is 0 Å². The monoisotopic (exact) mass is 192 g/mol. The van der Waals surface area contributed by atoms with E-state index in [-0.39, 0.29) is 17.7 Å². The van der Waals surface area contributed by atoms with E-state index in [2.05, 4.69) is 0 Å². The van der Waals surface area contributed by atoms with Crippen molar-refractivity contribution >= 4 is 17.6 Å². The van der Waals surface area contributed by atoms with Gasteiger partial charge in [-0.15, -0.1) is 0 Å². The highest BCUT2D eigenvalue weighted by atomic mass is 16.2. The molecule has 0 atom stereocenters. The molecule has 0 aliphatic carbocycles. The van der Waals surface area contributed by atoms with Crippen molar-refractivity contribution in [2.24, 2.45) is 0 Å². The molecule has 0 radical (unpaired) electrons. The molecule has 0 N–H and O–H groups in total. The van der Waals surface area contributed by atoms with Crippen molar-refractivity contribution in [3.05, 3.63) is 11.1 Å². The molecule has 1 heterocycles. The summed E-state index contributed by atoms with van der Waals surface area (Å²) >= 11 is 0. The average Bonchev–Trinajstić information content (AvgIpc) is 2.16.